The number of hydrogen-bond acceptors (Lipinski definition) is 3. The number of ether oxygens (including phenoxy) is 1. The Hall–Kier alpha value is -1.74. The third kappa shape index (κ3) is 2.15. The van der Waals surface area contributed by atoms with Crippen LogP contribution in [-0.2, 0) is 9.67 Å². The first kappa shape index (κ1) is 12.3. The van der Waals surface area contributed by atoms with Crippen LogP contribution >= 0.6 is 11.8 Å². The monoisotopic (exact) mass is 270 g/mol. The van der Waals surface area contributed by atoms with Crippen molar-refractivity contribution in [1.82, 2.24) is 0 Å². The van der Waals surface area contributed by atoms with Gasteiger partial charge in [0, 0.05) is 10.5 Å². The average Bonchev–Trinajstić information content (AvgIpc) is 2.65. The van der Waals surface area contributed by atoms with E-state index < -0.39 is 4.93 Å². The molecular formula is C16H14O2S. The standard InChI is InChI=1S/C16H14O2S/c1-11-7-9-12(10-8-11)19-16(2)14-6-4-3-5-13(14)15(17)18-16/h3-10H,1-2H3. The molecule has 2 nitrogen and oxygen atoms in total. The summed E-state index contributed by atoms with van der Waals surface area (Å²) in [7, 11) is 0. The van der Waals surface area contributed by atoms with Crippen LogP contribution in [-0.4, -0.2) is 5.97 Å². The number of carbonyl (C=O) groups is 1. The Bertz CT molecular complexity index is 633. The van der Waals surface area contributed by atoms with E-state index >= 15 is 0 Å². The van der Waals surface area contributed by atoms with E-state index in [1.807, 2.05) is 31.2 Å². The molecule has 0 saturated heterocycles. The molecule has 1 aliphatic rings. The molecule has 3 rings (SSSR count). The minimum Gasteiger partial charge on any atom is -0.440 e. The van der Waals surface area contributed by atoms with Crippen LogP contribution in [0.4, 0.5) is 0 Å². The van der Waals surface area contributed by atoms with Gasteiger partial charge in [0.1, 0.15) is 0 Å². The number of benzene rings is 2. The average molecular weight is 270 g/mol. The van der Waals surface area contributed by atoms with Crippen molar-refractivity contribution in [2.75, 3.05) is 0 Å². The van der Waals surface area contributed by atoms with Gasteiger partial charge >= 0.3 is 5.97 Å². The molecule has 0 amide bonds. The van der Waals surface area contributed by atoms with Crippen LogP contribution in [0.2, 0.25) is 0 Å². The highest BCUT2D eigenvalue weighted by Crippen LogP contribution is 2.47. The van der Waals surface area contributed by atoms with Crippen LogP contribution < -0.4 is 0 Å². The quantitative estimate of drug-likeness (QED) is 0.767. The van der Waals surface area contributed by atoms with E-state index in [4.69, 9.17) is 4.74 Å². The number of cyclic esters (lactones) is 1. The lowest BCUT2D eigenvalue weighted by Crippen LogP contribution is -2.16. The Balaban J connectivity index is 1.97. The summed E-state index contributed by atoms with van der Waals surface area (Å²) in [5.74, 6) is -0.238. The molecule has 19 heavy (non-hydrogen) atoms. The summed E-state index contributed by atoms with van der Waals surface area (Å²) in [6.07, 6.45) is 0. The SMILES string of the molecule is Cc1ccc(SC2(C)OC(=O)c3ccccc32)cc1. The Morgan fingerprint density at radius 1 is 1.05 bits per heavy atom. The van der Waals surface area contributed by atoms with Crippen molar-refractivity contribution >= 4 is 17.7 Å². The van der Waals surface area contributed by atoms with Crippen molar-refractivity contribution in [1.29, 1.82) is 0 Å². The first-order valence-corrected chi connectivity index (χ1v) is 6.99. The van der Waals surface area contributed by atoms with E-state index in [0.29, 0.717) is 5.56 Å². The fraction of sp³-hybridized carbons (Fsp3) is 0.188. The summed E-state index contributed by atoms with van der Waals surface area (Å²) in [5.41, 5.74) is 2.84. The number of rotatable bonds is 2. The van der Waals surface area contributed by atoms with Crippen LogP contribution in [0.5, 0.6) is 0 Å². The fourth-order valence-corrected chi connectivity index (χ4v) is 3.38. The number of aryl methyl sites for hydroxylation is 1. The van der Waals surface area contributed by atoms with Crippen LogP contribution in [0.1, 0.15) is 28.4 Å². The molecule has 0 fully saturated rings. The predicted octanol–water partition coefficient (Wildman–Crippen LogP) is 4.13. The van der Waals surface area contributed by atoms with Gasteiger partial charge in [-0.25, -0.2) is 4.79 Å². The topological polar surface area (TPSA) is 26.3 Å². The van der Waals surface area contributed by atoms with Gasteiger partial charge in [0.2, 0.25) is 0 Å². The third-order valence-corrected chi connectivity index (χ3v) is 4.46. The van der Waals surface area contributed by atoms with Gasteiger partial charge in [0.05, 0.1) is 5.56 Å². The van der Waals surface area contributed by atoms with Crippen LogP contribution in [0.3, 0.4) is 0 Å². The summed E-state index contributed by atoms with van der Waals surface area (Å²) in [6, 6.07) is 15.8. The smallest absolute Gasteiger partial charge is 0.340 e. The number of esters is 1. The first-order valence-electron chi connectivity index (χ1n) is 6.17. The van der Waals surface area contributed by atoms with Gasteiger partial charge in [-0.3, -0.25) is 0 Å². The molecule has 3 heteroatoms. The number of hydrogen-bond donors (Lipinski definition) is 0. The molecule has 1 aliphatic heterocycles. The Morgan fingerprint density at radius 3 is 2.47 bits per heavy atom. The summed E-state index contributed by atoms with van der Waals surface area (Å²) in [6.45, 7) is 4.00. The molecule has 1 atom stereocenters. The molecular weight excluding hydrogens is 256 g/mol. The zero-order valence-corrected chi connectivity index (χ0v) is 11.7. The van der Waals surface area contributed by atoms with Crippen molar-refractivity contribution in [2.24, 2.45) is 0 Å². The second kappa shape index (κ2) is 4.42. The highest BCUT2D eigenvalue weighted by Gasteiger charge is 2.42. The van der Waals surface area contributed by atoms with Crippen molar-refractivity contribution in [3.63, 3.8) is 0 Å². The molecule has 0 N–H and O–H groups in total. The molecule has 0 aliphatic carbocycles. The molecule has 0 bridgehead atoms. The van der Waals surface area contributed by atoms with E-state index in [1.54, 1.807) is 11.8 Å². The minimum atomic E-state index is -0.636. The highest BCUT2D eigenvalue weighted by atomic mass is 32.2. The van der Waals surface area contributed by atoms with Gasteiger partial charge in [-0.2, -0.15) is 0 Å². The second-order valence-electron chi connectivity index (χ2n) is 4.80. The summed E-state index contributed by atoms with van der Waals surface area (Å²) < 4.78 is 5.58. The third-order valence-electron chi connectivity index (χ3n) is 3.26. The zero-order valence-electron chi connectivity index (χ0n) is 10.8. The second-order valence-corrected chi connectivity index (χ2v) is 6.25. The van der Waals surface area contributed by atoms with Crippen LogP contribution in [0.25, 0.3) is 0 Å². The van der Waals surface area contributed by atoms with Gasteiger partial charge in [0.15, 0.2) is 4.93 Å². The molecule has 0 saturated carbocycles. The first-order chi connectivity index (χ1) is 9.08. The molecule has 96 valence electrons. The number of fused-ring (bicyclic) bond motifs is 1. The van der Waals surface area contributed by atoms with Crippen molar-refractivity contribution in [3.05, 3.63) is 65.2 Å². The fourth-order valence-electron chi connectivity index (χ4n) is 2.25. The summed E-state index contributed by atoms with van der Waals surface area (Å²) >= 11 is 1.57. The van der Waals surface area contributed by atoms with Gasteiger partial charge in [-0.1, -0.05) is 47.7 Å². The van der Waals surface area contributed by atoms with Crippen molar-refractivity contribution in [2.45, 2.75) is 23.7 Å². The van der Waals surface area contributed by atoms with E-state index in [1.165, 1.54) is 5.56 Å². The Kier molecular flexibility index (Phi) is 2.86. The number of carbonyl (C=O) groups excluding carboxylic acids is 1. The molecule has 0 aromatic heterocycles. The molecule has 0 spiro atoms. The van der Waals surface area contributed by atoms with Gasteiger partial charge in [-0.05, 0) is 32.0 Å². The maximum Gasteiger partial charge on any atom is 0.340 e. The summed E-state index contributed by atoms with van der Waals surface area (Å²) in [4.78, 5) is 12.3. The lowest BCUT2D eigenvalue weighted by Gasteiger charge is -2.23. The van der Waals surface area contributed by atoms with E-state index in [-0.39, 0.29) is 5.97 Å². The predicted molar refractivity (Wildman–Crippen MR) is 76.2 cm³/mol. The summed E-state index contributed by atoms with van der Waals surface area (Å²) in [5, 5.41) is 0. The molecule has 1 heterocycles. The van der Waals surface area contributed by atoms with Crippen molar-refractivity contribution < 1.29 is 9.53 Å². The van der Waals surface area contributed by atoms with Crippen LogP contribution in [0, 0.1) is 6.92 Å². The van der Waals surface area contributed by atoms with E-state index in [9.17, 15) is 4.79 Å². The zero-order chi connectivity index (χ0) is 13.5. The van der Waals surface area contributed by atoms with Gasteiger partial charge < -0.3 is 4.74 Å². The van der Waals surface area contributed by atoms with Crippen molar-refractivity contribution in [3.8, 4) is 0 Å². The highest BCUT2D eigenvalue weighted by molar-refractivity contribution is 8.00. The Morgan fingerprint density at radius 2 is 1.74 bits per heavy atom. The lowest BCUT2D eigenvalue weighted by atomic mass is 10.1. The minimum absolute atomic E-state index is 0.238. The number of thioether (sulfide) groups is 1. The van der Waals surface area contributed by atoms with E-state index in [2.05, 4.69) is 31.2 Å². The molecule has 1 unspecified atom stereocenters. The maximum absolute atomic E-state index is 11.9. The molecule has 2 aromatic carbocycles. The molecule has 2 aromatic rings. The Labute approximate surface area is 116 Å². The largest absolute Gasteiger partial charge is 0.440 e. The van der Waals surface area contributed by atoms with Gasteiger partial charge in [-0.15, -0.1) is 0 Å². The lowest BCUT2D eigenvalue weighted by molar-refractivity contribution is 0.0337. The molecule has 0 radical (unpaired) electrons. The van der Waals surface area contributed by atoms with Gasteiger partial charge in [0.25, 0.3) is 0 Å². The maximum atomic E-state index is 11.9. The normalized spacial score (nSPS) is 21.1. The van der Waals surface area contributed by atoms with E-state index in [0.717, 1.165) is 10.5 Å². The van der Waals surface area contributed by atoms with Crippen LogP contribution in [0.15, 0.2) is 53.4 Å².